The van der Waals surface area contributed by atoms with Gasteiger partial charge >= 0.3 is 0 Å². The highest BCUT2D eigenvalue weighted by molar-refractivity contribution is 6.31. The second-order valence-electron chi connectivity index (χ2n) is 8.73. The van der Waals surface area contributed by atoms with Gasteiger partial charge in [-0.1, -0.05) is 83.9 Å². The Bertz CT molecular complexity index is 1820. The summed E-state index contributed by atoms with van der Waals surface area (Å²) in [6, 6.07) is 31.1. The van der Waals surface area contributed by atoms with Gasteiger partial charge in [-0.2, -0.15) is 0 Å². The van der Waals surface area contributed by atoms with Crippen molar-refractivity contribution in [2.45, 2.75) is 6.92 Å². The second kappa shape index (κ2) is 8.94. The van der Waals surface area contributed by atoms with Gasteiger partial charge < -0.3 is 0 Å². The van der Waals surface area contributed by atoms with Crippen LogP contribution in [-0.2, 0) is 0 Å². The number of aromatic nitrogens is 2. The maximum absolute atomic E-state index is 14.3. The molecule has 0 saturated heterocycles. The average molecular weight is 507 g/mol. The third-order valence-corrected chi connectivity index (χ3v) is 7.02. The first-order chi connectivity index (χ1) is 17.5. The van der Waals surface area contributed by atoms with Crippen LogP contribution in [0.3, 0.4) is 0 Å². The Morgan fingerprint density at radius 2 is 1.33 bits per heavy atom. The number of fused-ring (bicyclic) bond motifs is 2. The molecule has 0 bridgehead atoms. The Morgan fingerprint density at radius 1 is 0.694 bits per heavy atom. The van der Waals surface area contributed by atoms with Gasteiger partial charge in [-0.15, -0.1) is 0 Å². The highest BCUT2D eigenvalue weighted by atomic mass is 35.5. The highest BCUT2D eigenvalue weighted by Gasteiger charge is 2.23. The Kier molecular flexibility index (Phi) is 5.60. The Balaban J connectivity index is 1.88. The van der Waals surface area contributed by atoms with Crippen LogP contribution in [0.25, 0.3) is 49.7 Å². The lowest BCUT2D eigenvalue weighted by atomic mass is 9.93. The lowest BCUT2D eigenvalue weighted by molar-refractivity contribution is 1.01. The molecule has 4 aromatic carbocycles. The van der Waals surface area contributed by atoms with Crippen LogP contribution in [0.1, 0.15) is 5.56 Å². The maximum atomic E-state index is 14.3. The van der Waals surface area contributed by atoms with E-state index in [2.05, 4.69) is 0 Å². The zero-order valence-electron chi connectivity index (χ0n) is 19.4. The van der Waals surface area contributed by atoms with Crippen LogP contribution >= 0.6 is 23.2 Å². The molecule has 0 amide bonds. The van der Waals surface area contributed by atoms with Crippen molar-refractivity contribution in [1.82, 2.24) is 9.55 Å². The minimum atomic E-state index is -0.102. The van der Waals surface area contributed by atoms with Gasteiger partial charge in [0.05, 0.1) is 16.9 Å². The van der Waals surface area contributed by atoms with E-state index < -0.39 is 0 Å². The van der Waals surface area contributed by atoms with E-state index in [0.29, 0.717) is 15.4 Å². The predicted octanol–water partition coefficient (Wildman–Crippen LogP) is 8.49. The van der Waals surface area contributed by atoms with Crippen LogP contribution in [0.15, 0.2) is 108 Å². The smallest absolute Gasteiger partial charge is 0.263 e. The molecule has 0 aliphatic carbocycles. The van der Waals surface area contributed by atoms with Gasteiger partial charge in [-0.3, -0.25) is 14.3 Å². The molecule has 0 aliphatic heterocycles. The van der Waals surface area contributed by atoms with E-state index in [-0.39, 0.29) is 5.56 Å². The number of hydrogen-bond acceptors (Lipinski definition) is 2. The Hall–Kier alpha value is -3.92. The lowest BCUT2D eigenvalue weighted by Crippen LogP contribution is -2.23. The van der Waals surface area contributed by atoms with Gasteiger partial charge in [-0.25, -0.2) is 0 Å². The van der Waals surface area contributed by atoms with Crippen molar-refractivity contribution in [2.75, 3.05) is 0 Å². The van der Waals surface area contributed by atoms with E-state index in [1.165, 1.54) is 0 Å². The molecular formula is C31H20Cl2N2O. The van der Waals surface area contributed by atoms with Gasteiger partial charge in [0.25, 0.3) is 5.56 Å². The molecule has 0 unspecified atom stereocenters. The summed E-state index contributed by atoms with van der Waals surface area (Å²) in [5.74, 6) is 0. The zero-order chi connectivity index (χ0) is 24.8. The van der Waals surface area contributed by atoms with Crippen molar-refractivity contribution in [3.63, 3.8) is 0 Å². The minimum Gasteiger partial charge on any atom is -0.273 e. The number of nitrogens with zero attached hydrogens (tertiary/aromatic N) is 2. The normalized spacial score (nSPS) is 11.3. The summed E-state index contributed by atoms with van der Waals surface area (Å²) in [6.45, 7) is 2.01. The number of pyridine rings is 2. The largest absolute Gasteiger partial charge is 0.273 e. The van der Waals surface area contributed by atoms with E-state index >= 15 is 0 Å². The molecule has 0 saturated carbocycles. The van der Waals surface area contributed by atoms with E-state index in [0.717, 1.165) is 49.9 Å². The fraction of sp³-hybridized carbons (Fsp3) is 0.0323. The van der Waals surface area contributed by atoms with Crippen LogP contribution in [-0.4, -0.2) is 9.55 Å². The first-order valence-electron chi connectivity index (χ1n) is 11.6. The van der Waals surface area contributed by atoms with Crippen molar-refractivity contribution in [2.24, 2.45) is 0 Å². The molecule has 3 nitrogen and oxygen atoms in total. The topological polar surface area (TPSA) is 34.9 Å². The number of halogens is 2. The molecule has 0 spiro atoms. The molecule has 0 fully saturated rings. The number of hydrogen-bond donors (Lipinski definition) is 0. The molecule has 0 aliphatic rings. The van der Waals surface area contributed by atoms with Crippen LogP contribution in [0.2, 0.25) is 10.0 Å². The van der Waals surface area contributed by atoms with E-state index in [1.54, 1.807) is 6.20 Å². The lowest BCUT2D eigenvalue weighted by Gasteiger charge is -2.22. The second-order valence-corrected chi connectivity index (χ2v) is 9.60. The summed E-state index contributed by atoms with van der Waals surface area (Å²) >= 11 is 12.5. The quantitative estimate of drug-likeness (QED) is 0.241. The molecular weight excluding hydrogens is 487 g/mol. The molecule has 5 heteroatoms. The van der Waals surface area contributed by atoms with Crippen molar-refractivity contribution >= 4 is 44.9 Å². The molecule has 0 N–H and O–H groups in total. The van der Waals surface area contributed by atoms with Gasteiger partial charge in [0.2, 0.25) is 0 Å². The molecule has 2 heterocycles. The predicted molar refractivity (Wildman–Crippen MR) is 150 cm³/mol. The summed E-state index contributed by atoms with van der Waals surface area (Å²) in [5.41, 5.74) is 5.94. The standard InChI is InChI=1S/C31H20Cl2N2O/c1-19-8-9-21-5-4-18-34-28(21)29(19)35-30(22-12-16-24(33)17-13-22)27(20-10-14-23(32)15-11-20)25-6-2-3-7-26(25)31(35)36/h2-18H,1H3. The first-order valence-corrected chi connectivity index (χ1v) is 12.3. The van der Waals surface area contributed by atoms with Gasteiger partial charge in [0.1, 0.15) is 0 Å². The van der Waals surface area contributed by atoms with Crippen molar-refractivity contribution in [1.29, 1.82) is 0 Å². The third kappa shape index (κ3) is 3.69. The van der Waals surface area contributed by atoms with Crippen molar-refractivity contribution in [3.05, 3.63) is 129 Å². The van der Waals surface area contributed by atoms with Crippen LogP contribution in [0.5, 0.6) is 0 Å². The fourth-order valence-corrected chi connectivity index (χ4v) is 5.12. The van der Waals surface area contributed by atoms with Crippen LogP contribution in [0, 0.1) is 6.92 Å². The third-order valence-electron chi connectivity index (χ3n) is 6.51. The summed E-state index contributed by atoms with van der Waals surface area (Å²) in [4.78, 5) is 19.0. The van der Waals surface area contributed by atoms with E-state index in [1.807, 2.05) is 109 Å². The maximum Gasteiger partial charge on any atom is 0.263 e. The average Bonchev–Trinajstić information content (AvgIpc) is 2.90. The molecule has 6 rings (SSSR count). The molecule has 36 heavy (non-hydrogen) atoms. The van der Waals surface area contributed by atoms with E-state index in [4.69, 9.17) is 28.2 Å². The molecule has 0 atom stereocenters. The number of benzene rings is 4. The molecule has 2 aromatic heterocycles. The van der Waals surface area contributed by atoms with Gasteiger partial charge in [-0.05, 0) is 65.4 Å². The monoisotopic (exact) mass is 506 g/mol. The van der Waals surface area contributed by atoms with Crippen LogP contribution in [0.4, 0.5) is 0 Å². The molecule has 174 valence electrons. The molecule has 6 aromatic rings. The summed E-state index contributed by atoms with van der Waals surface area (Å²) in [5, 5.41) is 3.75. The summed E-state index contributed by atoms with van der Waals surface area (Å²) in [7, 11) is 0. The molecule has 0 radical (unpaired) electrons. The summed E-state index contributed by atoms with van der Waals surface area (Å²) in [6.07, 6.45) is 1.76. The van der Waals surface area contributed by atoms with E-state index in [9.17, 15) is 4.79 Å². The Labute approximate surface area is 218 Å². The SMILES string of the molecule is Cc1ccc2cccnc2c1-n1c(-c2ccc(Cl)cc2)c(-c2ccc(Cl)cc2)c2ccccc2c1=O. The van der Waals surface area contributed by atoms with Gasteiger partial charge in [0.15, 0.2) is 0 Å². The number of aryl methyl sites for hydroxylation is 1. The van der Waals surface area contributed by atoms with Crippen molar-refractivity contribution < 1.29 is 0 Å². The van der Waals surface area contributed by atoms with Gasteiger partial charge in [0, 0.05) is 32.6 Å². The minimum absolute atomic E-state index is 0.102. The Morgan fingerprint density at radius 3 is 2.03 bits per heavy atom. The fourth-order valence-electron chi connectivity index (χ4n) is 4.87. The number of rotatable bonds is 3. The van der Waals surface area contributed by atoms with Crippen molar-refractivity contribution in [3.8, 4) is 28.1 Å². The zero-order valence-corrected chi connectivity index (χ0v) is 20.9. The first kappa shape index (κ1) is 22.5. The highest BCUT2D eigenvalue weighted by Crippen LogP contribution is 2.40. The van der Waals surface area contributed by atoms with Crippen LogP contribution < -0.4 is 5.56 Å². The summed E-state index contributed by atoms with van der Waals surface area (Å²) < 4.78 is 1.82.